The Kier molecular flexibility index (Phi) is 5.80. The first kappa shape index (κ1) is 17.3. The van der Waals surface area contributed by atoms with Crippen molar-refractivity contribution in [2.24, 2.45) is 0 Å². The van der Waals surface area contributed by atoms with Crippen LogP contribution in [-0.2, 0) is 33.2 Å². The van der Waals surface area contributed by atoms with Crippen LogP contribution in [0.15, 0.2) is 30.3 Å². The molecule has 1 aromatic carbocycles. The van der Waals surface area contributed by atoms with Crippen LogP contribution in [0.25, 0.3) is 0 Å². The van der Waals surface area contributed by atoms with Crippen molar-refractivity contribution in [3.8, 4) is 0 Å². The Balaban J connectivity index is 1.87. The van der Waals surface area contributed by atoms with E-state index in [1.807, 2.05) is 30.3 Å². The van der Waals surface area contributed by atoms with E-state index in [2.05, 4.69) is 0 Å². The zero-order valence-corrected chi connectivity index (χ0v) is 13.8. The van der Waals surface area contributed by atoms with Gasteiger partial charge < -0.3 is 28.4 Å². The quantitative estimate of drug-likeness (QED) is 0.550. The monoisotopic (exact) mass is 338 g/mol. The van der Waals surface area contributed by atoms with Crippen molar-refractivity contribution in [1.82, 2.24) is 0 Å². The van der Waals surface area contributed by atoms with E-state index >= 15 is 0 Å². The number of hydrogen-bond acceptors (Lipinski definition) is 7. The molecule has 7 heteroatoms. The standard InChI is InChI=1S/C17H22O7/c1-19-9-21-15-12-8-13(18)24-17(15)16(22-10-20-2)14(23-12)11-6-4-3-5-7-11/h3-7,12,14-17H,8-10H2,1-2H3/t12-,14+,15-,16+,17+/m0/s1. The molecule has 0 radical (unpaired) electrons. The van der Waals surface area contributed by atoms with Gasteiger partial charge >= 0.3 is 5.97 Å². The summed E-state index contributed by atoms with van der Waals surface area (Å²) >= 11 is 0. The van der Waals surface area contributed by atoms with Crippen molar-refractivity contribution in [1.29, 1.82) is 0 Å². The van der Waals surface area contributed by atoms with Gasteiger partial charge in [-0.15, -0.1) is 0 Å². The molecule has 1 aromatic rings. The maximum atomic E-state index is 11.9. The molecule has 0 unspecified atom stereocenters. The molecule has 3 rings (SSSR count). The second kappa shape index (κ2) is 8.04. The smallest absolute Gasteiger partial charge is 0.309 e. The third-order valence-corrected chi connectivity index (χ3v) is 4.15. The predicted molar refractivity (Wildman–Crippen MR) is 82.1 cm³/mol. The third kappa shape index (κ3) is 3.60. The second-order valence-corrected chi connectivity index (χ2v) is 5.74. The fourth-order valence-corrected chi connectivity index (χ4v) is 3.17. The topological polar surface area (TPSA) is 72.5 Å². The Labute approximate surface area is 140 Å². The Morgan fingerprint density at radius 2 is 1.71 bits per heavy atom. The number of benzene rings is 1. The Bertz CT molecular complexity index is 535. The number of rotatable bonds is 7. The van der Waals surface area contributed by atoms with Crippen LogP contribution in [0, 0.1) is 0 Å². The summed E-state index contributed by atoms with van der Waals surface area (Å²) in [5.74, 6) is -0.320. The number of ether oxygens (including phenoxy) is 6. The van der Waals surface area contributed by atoms with E-state index in [1.54, 1.807) is 0 Å². The van der Waals surface area contributed by atoms with E-state index in [0.717, 1.165) is 5.56 Å². The Morgan fingerprint density at radius 3 is 2.38 bits per heavy atom. The van der Waals surface area contributed by atoms with Crippen molar-refractivity contribution in [3.05, 3.63) is 35.9 Å². The SMILES string of the molecule is COCO[C@@H]1[C@H]2OC(=O)C[C@@H]1O[C@H](c1ccccc1)[C@H]2OCOC. The molecule has 2 aliphatic heterocycles. The molecule has 0 N–H and O–H groups in total. The molecular formula is C17H22O7. The highest BCUT2D eigenvalue weighted by Gasteiger charge is 2.53. The zero-order valence-electron chi connectivity index (χ0n) is 13.8. The van der Waals surface area contributed by atoms with Crippen molar-refractivity contribution in [3.63, 3.8) is 0 Å². The van der Waals surface area contributed by atoms with Gasteiger partial charge in [0.05, 0.1) is 12.5 Å². The van der Waals surface area contributed by atoms with Crippen LogP contribution < -0.4 is 0 Å². The van der Waals surface area contributed by atoms with E-state index < -0.39 is 24.4 Å². The van der Waals surface area contributed by atoms with Gasteiger partial charge in [0, 0.05) is 14.2 Å². The van der Waals surface area contributed by atoms with E-state index in [9.17, 15) is 4.79 Å². The minimum absolute atomic E-state index is 0.0626. The van der Waals surface area contributed by atoms with Gasteiger partial charge in [-0.05, 0) is 5.56 Å². The molecule has 132 valence electrons. The van der Waals surface area contributed by atoms with Crippen LogP contribution in [0.4, 0.5) is 0 Å². The van der Waals surface area contributed by atoms with Crippen LogP contribution in [-0.4, -0.2) is 58.2 Å². The summed E-state index contributed by atoms with van der Waals surface area (Å²) in [5.41, 5.74) is 0.955. The van der Waals surface area contributed by atoms with Gasteiger partial charge in [-0.2, -0.15) is 0 Å². The molecule has 7 nitrogen and oxygen atoms in total. The van der Waals surface area contributed by atoms with Gasteiger partial charge in [0.15, 0.2) is 6.10 Å². The zero-order chi connectivity index (χ0) is 16.9. The second-order valence-electron chi connectivity index (χ2n) is 5.74. The summed E-state index contributed by atoms with van der Waals surface area (Å²) in [4.78, 5) is 11.9. The van der Waals surface area contributed by atoms with Crippen LogP contribution in [0.3, 0.4) is 0 Å². The number of methoxy groups -OCH3 is 2. The first-order valence-electron chi connectivity index (χ1n) is 7.85. The molecule has 0 amide bonds. The number of hydrogen-bond donors (Lipinski definition) is 0. The lowest BCUT2D eigenvalue weighted by Crippen LogP contribution is -2.61. The number of carbonyl (C=O) groups is 1. The summed E-state index contributed by atoms with van der Waals surface area (Å²) in [7, 11) is 3.08. The molecule has 0 aromatic heterocycles. The number of carbonyl (C=O) groups excluding carboxylic acids is 1. The Morgan fingerprint density at radius 1 is 1.04 bits per heavy atom. The lowest BCUT2D eigenvalue weighted by atomic mass is 9.88. The maximum absolute atomic E-state index is 11.9. The molecule has 2 heterocycles. The van der Waals surface area contributed by atoms with Crippen LogP contribution in [0.2, 0.25) is 0 Å². The highest BCUT2D eigenvalue weighted by Crippen LogP contribution is 2.40. The van der Waals surface area contributed by atoms with Crippen LogP contribution >= 0.6 is 0 Å². The lowest BCUT2D eigenvalue weighted by Gasteiger charge is -2.48. The molecule has 24 heavy (non-hydrogen) atoms. The summed E-state index contributed by atoms with van der Waals surface area (Å²) in [6.45, 7) is 0.151. The molecule has 2 aliphatic rings. The fourth-order valence-electron chi connectivity index (χ4n) is 3.17. The average molecular weight is 338 g/mol. The molecule has 2 saturated heterocycles. The average Bonchev–Trinajstić information content (AvgIpc) is 2.60. The molecule has 2 fully saturated rings. The van der Waals surface area contributed by atoms with Gasteiger partial charge in [0.1, 0.15) is 31.9 Å². The summed E-state index contributed by atoms with van der Waals surface area (Å²) in [6, 6.07) is 9.72. The minimum Gasteiger partial charge on any atom is -0.456 e. The largest absolute Gasteiger partial charge is 0.456 e. The summed E-state index contributed by atoms with van der Waals surface area (Å²) in [5, 5.41) is 0. The van der Waals surface area contributed by atoms with Crippen LogP contribution in [0.5, 0.6) is 0 Å². The van der Waals surface area contributed by atoms with Crippen molar-refractivity contribution < 1.29 is 33.2 Å². The normalized spacial score (nSPS) is 32.4. The molecular weight excluding hydrogens is 316 g/mol. The van der Waals surface area contributed by atoms with Crippen molar-refractivity contribution >= 4 is 5.97 Å². The molecule has 0 saturated carbocycles. The van der Waals surface area contributed by atoms with E-state index in [-0.39, 0.29) is 32.1 Å². The van der Waals surface area contributed by atoms with E-state index in [1.165, 1.54) is 14.2 Å². The van der Waals surface area contributed by atoms with E-state index in [4.69, 9.17) is 28.4 Å². The fraction of sp³-hybridized carbons (Fsp3) is 0.588. The van der Waals surface area contributed by atoms with Crippen molar-refractivity contribution in [2.45, 2.75) is 36.9 Å². The lowest BCUT2D eigenvalue weighted by molar-refractivity contribution is -0.293. The van der Waals surface area contributed by atoms with Gasteiger partial charge in [-0.3, -0.25) is 4.79 Å². The molecule has 0 spiro atoms. The summed E-state index contributed by atoms with van der Waals surface area (Å²) < 4.78 is 33.2. The molecule has 2 bridgehead atoms. The predicted octanol–water partition coefficient (Wildman–Crippen LogP) is 1.42. The number of esters is 1. The van der Waals surface area contributed by atoms with Gasteiger partial charge in [0.25, 0.3) is 0 Å². The van der Waals surface area contributed by atoms with E-state index in [0.29, 0.717) is 0 Å². The van der Waals surface area contributed by atoms with Crippen LogP contribution in [0.1, 0.15) is 18.1 Å². The highest BCUT2D eigenvalue weighted by atomic mass is 16.7. The first-order chi connectivity index (χ1) is 11.7. The minimum atomic E-state index is -0.583. The summed E-state index contributed by atoms with van der Waals surface area (Å²) in [6.07, 6.45) is -2.18. The molecule has 0 aliphatic carbocycles. The molecule has 5 atom stereocenters. The van der Waals surface area contributed by atoms with Crippen molar-refractivity contribution in [2.75, 3.05) is 27.8 Å². The Hall–Kier alpha value is -1.51. The van der Waals surface area contributed by atoms with Gasteiger partial charge in [-0.25, -0.2) is 0 Å². The third-order valence-electron chi connectivity index (χ3n) is 4.15. The number of fused-ring (bicyclic) bond motifs is 2. The van der Waals surface area contributed by atoms with Gasteiger partial charge in [-0.1, -0.05) is 30.3 Å². The maximum Gasteiger partial charge on any atom is 0.309 e. The van der Waals surface area contributed by atoms with Gasteiger partial charge in [0.2, 0.25) is 0 Å². The highest BCUT2D eigenvalue weighted by molar-refractivity contribution is 5.71. The first-order valence-corrected chi connectivity index (χ1v) is 7.85.